The van der Waals surface area contributed by atoms with Crippen LogP contribution >= 0.6 is 11.6 Å². The number of aryl methyl sites for hydroxylation is 1. The van der Waals surface area contributed by atoms with Gasteiger partial charge in [-0.25, -0.2) is 0 Å². The first-order chi connectivity index (χ1) is 13.4. The van der Waals surface area contributed by atoms with E-state index in [2.05, 4.69) is 10.6 Å². The Bertz CT molecular complexity index is 830. The molecule has 0 radical (unpaired) electrons. The second-order valence-corrected chi connectivity index (χ2v) is 8.07. The van der Waals surface area contributed by atoms with Crippen molar-refractivity contribution in [1.82, 2.24) is 5.32 Å². The van der Waals surface area contributed by atoms with Crippen molar-refractivity contribution in [3.05, 3.63) is 64.7 Å². The van der Waals surface area contributed by atoms with Crippen LogP contribution in [0.4, 0.5) is 5.69 Å². The Morgan fingerprint density at radius 2 is 1.57 bits per heavy atom. The Balaban J connectivity index is 1.50. The van der Waals surface area contributed by atoms with Gasteiger partial charge in [0.25, 0.3) is 0 Å². The minimum absolute atomic E-state index is 0.0134. The SMILES string of the molecule is Cc1ccc(Cl)cc1NC(=O)C1CCC(C(=O)NC(C)c2ccccc2)CC1. The molecule has 1 unspecified atom stereocenters. The van der Waals surface area contributed by atoms with E-state index in [1.807, 2.05) is 56.3 Å². The molecule has 1 saturated carbocycles. The summed E-state index contributed by atoms with van der Waals surface area (Å²) in [6.07, 6.45) is 2.92. The van der Waals surface area contributed by atoms with Crippen molar-refractivity contribution in [3.8, 4) is 0 Å². The third-order valence-corrected chi connectivity index (χ3v) is 5.82. The normalized spacial score (nSPS) is 20.2. The standard InChI is InChI=1S/C23H27ClN2O2/c1-15-8-13-20(24)14-21(15)26-23(28)19-11-9-18(10-12-19)22(27)25-16(2)17-6-4-3-5-7-17/h3-8,13-14,16,18-19H,9-12H2,1-2H3,(H,25,27)(H,26,28). The topological polar surface area (TPSA) is 58.2 Å². The number of rotatable bonds is 5. The van der Waals surface area contributed by atoms with E-state index in [1.54, 1.807) is 6.07 Å². The third-order valence-electron chi connectivity index (χ3n) is 5.58. The van der Waals surface area contributed by atoms with E-state index in [1.165, 1.54) is 0 Å². The smallest absolute Gasteiger partial charge is 0.227 e. The van der Waals surface area contributed by atoms with E-state index in [0.29, 0.717) is 5.02 Å². The van der Waals surface area contributed by atoms with Gasteiger partial charge in [0, 0.05) is 22.5 Å². The molecule has 0 aromatic heterocycles. The average Bonchev–Trinajstić information content (AvgIpc) is 2.71. The molecule has 0 aliphatic heterocycles. The van der Waals surface area contributed by atoms with E-state index >= 15 is 0 Å². The fourth-order valence-electron chi connectivity index (χ4n) is 3.74. The number of amides is 2. The number of halogens is 1. The molecule has 1 aliphatic carbocycles. The van der Waals surface area contributed by atoms with Crippen LogP contribution in [-0.2, 0) is 9.59 Å². The quantitative estimate of drug-likeness (QED) is 0.720. The minimum Gasteiger partial charge on any atom is -0.349 e. The van der Waals surface area contributed by atoms with Gasteiger partial charge in [0.2, 0.25) is 11.8 Å². The van der Waals surface area contributed by atoms with Gasteiger partial charge >= 0.3 is 0 Å². The fourth-order valence-corrected chi connectivity index (χ4v) is 3.91. The van der Waals surface area contributed by atoms with Gasteiger partial charge in [-0.2, -0.15) is 0 Å². The van der Waals surface area contributed by atoms with Crippen LogP contribution in [0.3, 0.4) is 0 Å². The van der Waals surface area contributed by atoms with Crippen molar-refractivity contribution < 1.29 is 9.59 Å². The highest BCUT2D eigenvalue weighted by molar-refractivity contribution is 6.31. The number of hydrogen-bond acceptors (Lipinski definition) is 2. The Hall–Kier alpha value is -2.33. The summed E-state index contributed by atoms with van der Waals surface area (Å²) in [6, 6.07) is 15.4. The lowest BCUT2D eigenvalue weighted by atomic mass is 9.81. The molecule has 0 saturated heterocycles. The van der Waals surface area contributed by atoms with Gasteiger partial charge in [-0.1, -0.05) is 48.0 Å². The van der Waals surface area contributed by atoms with Gasteiger partial charge in [-0.15, -0.1) is 0 Å². The Labute approximate surface area is 171 Å². The zero-order valence-electron chi connectivity index (χ0n) is 16.4. The highest BCUT2D eigenvalue weighted by Crippen LogP contribution is 2.31. The first-order valence-electron chi connectivity index (χ1n) is 9.86. The van der Waals surface area contributed by atoms with E-state index in [-0.39, 0.29) is 29.7 Å². The van der Waals surface area contributed by atoms with Gasteiger partial charge in [-0.3, -0.25) is 9.59 Å². The van der Waals surface area contributed by atoms with E-state index < -0.39 is 0 Å². The van der Waals surface area contributed by atoms with Crippen molar-refractivity contribution in [3.63, 3.8) is 0 Å². The maximum absolute atomic E-state index is 12.6. The molecular weight excluding hydrogens is 372 g/mol. The summed E-state index contributed by atoms with van der Waals surface area (Å²) >= 11 is 6.03. The molecule has 0 heterocycles. The van der Waals surface area contributed by atoms with E-state index in [4.69, 9.17) is 11.6 Å². The largest absolute Gasteiger partial charge is 0.349 e. The summed E-state index contributed by atoms with van der Waals surface area (Å²) in [7, 11) is 0. The first-order valence-corrected chi connectivity index (χ1v) is 10.2. The summed E-state index contributed by atoms with van der Waals surface area (Å²) in [5.41, 5.74) is 2.84. The Morgan fingerprint density at radius 3 is 2.21 bits per heavy atom. The van der Waals surface area contributed by atoms with Gasteiger partial charge in [-0.05, 0) is 62.8 Å². The summed E-state index contributed by atoms with van der Waals surface area (Å²) < 4.78 is 0. The fraction of sp³-hybridized carbons (Fsp3) is 0.391. The molecule has 2 aromatic rings. The molecule has 4 nitrogen and oxygen atoms in total. The number of hydrogen-bond donors (Lipinski definition) is 2. The molecular formula is C23H27ClN2O2. The molecule has 1 aliphatic rings. The predicted octanol–water partition coefficient (Wildman–Crippen LogP) is 5.27. The lowest BCUT2D eigenvalue weighted by Crippen LogP contribution is -2.36. The highest BCUT2D eigenvalue weighted by Gasteiger charge is 2.30. The molecule has 28 heavy (non-hydrogen) atoms. The second-order valence-electron chi connectivity index (χ2n) is 7.64. The lowest BCUT2D eigenvalue weighted by Gasteiger charge is -2.28. The minimum atomic E-state index is -0.0611. The molecule has 148 valence electrons. The summed E-state index contributed by atoms with van der Waals surface area (Å²) in [5.74, 6) is 0.0138. The molecule has 5 heteroatoms. The lowest BCUT2D eigenvalue weighted by molar-refractivity contribution is -0.129. The molecule has 1 fully saturated rings. The van der Waals surface area contributed by atoms with Gasteiger partial charge in [0.15, 0.2) is 0 Å². The van der Waals surface area contributed by atoms with Gasteiger partial charge < -0.3 is 10.6 Å². The predicted molar refractivity (Wildman–Crippen MR) is 113 cm³/mol. The molecule has 2 N–H and O–H groups in total. The van der Waals surface area contributed by atoms with Crippen molar-refractivity contribution in [2.45, 2.75) is 45.6 Å². The average molecular weight is 399 g/mol. The van der Waals surface area contributed by atoms with Crippen molar-refractivity contribution in [2.24, 2.45) is 11.8 Å². The van der Waals surface area contributed by atoms with E-state index in [9.17, 15) is 9.59 Å². The van der Waals surface area contributed by atoms with Crippen LogP contribution in [0.5, 0.6) is 0 Å². The number of anilines is 1. The highest BCUT2D eigenvalue weighted by atomic mass is 35.5. The first kappa shape index (κ1) is 20.4. The number of carbonyl (C=O) groups is 2. The molecule has 0 spiro atoms. The summed E-state index contributed by atoms with van der Waals surface area (Å²) in [6.45, 7) is 3.95. The van der Waals surface area contributed by atoms with Crippen LogP contribution in [0.15, 0.2) is 48.5 Å². The molecule has 3 rings (SSSR count). The van der Waals surface area contributed by atoms with Crippen LogP contribution in [0, 0.1) is 18.8 Å². The number of carbonyl (C=O) groups excluding carboxylic acids is 2. The maximum Gasteiger partial charge on any atom is 0.227 e. The zero-order valence-corrected chi connectivity index (χ0v) is 17.1. The van der Waals surface area contributed by atoms with E-state index in [0.717, 1.165) is 42.5 Å². The molecule has 2 aromatic carbocycles. The second kappa shape index (κ2) is 9.24. The summed E-state index contributed by atoms with van der Waals surface area (Å²) in [4.78, 5) is 25.2. The van der Waals surface area contributed by atoms with Crippen molar-refractivity contribution >= 4 is 29.1 Å². The molecule has 2 amide bonds. The van der Waals surface area contributed by atoms with Crippen molar-refractivity contribution in [1.29, 1.82) is 0 Å². The maximum atomic E-state index is 12.6. The van der Waals surface area contributed by atoms with Crippen LogP contribution in [0.1, 0.15) is 49.8 Å². The zero-order chi connectivity index (χ0) is 20.1. The van der Waals surface area contributed by atoms with Crippen LogP contribution in [-0.4, -0.2) is 11.8 Å². The monoisotopic (exact) mass is 398 g/mol. The Kier molecular flexibility index (Phi) is 6.74. The third kappa shape index (κ3) is 5.14. The van der Waals surface area contributed by atoms with Crippen molar-refractivity contribution in [2.75, 3.05) is 5.32 Å². The summed E-state index contributed by atoms with van der Waals surface area (Å²) in [5, 5.41) is 6.71. The van der Waals surface area contributed by atoms with Gasteiger partial charge in [0.1, 0.15) is 0 Å². The van der Waals surface area contributed by atoms with Gasteiger partial charge in [0.05, 0.1) is 6.04 Å². The molecule has 0 bridgehead atoms. The molecule has 1 atom stereocenters. The number of benzene rings is 2. The van der Waals surface area contributed by atoms with Crippen LogP contribution in [0.2, 0.25) is 5.02 Å². The van der Waals surface area contributed by atoms with Crippen LogP contribution < -0.4 is 10.6 Å². The van der Waals surface area contributed by atoms with Crippen LogP contribution in [0.25, 0.3) is 0 Å². The number of nitrogens with one attached hydrogen (secondary N) is 2. The Morgan fingerprint density at radius 1 is 0.964 bits per heavy atom.